The van der Waals surface area contributed by atoms with Gasteiger partial charge in [-0.15, -0.1) is 11.3 Å². The highest BCUT2D eigenvalue weighted by Gasteiger charge is 2.20. The molecule has 148 valence electrons. The largest absolute Gasteiger partial charge is 0.378 e. The molecule has 0 amide bonds. The van der Waals surface area contributed by atoms with E-state index in [0.29, 0.717) is 24.4 Å². The molecule has 1 aliphatic heterocycles. The van der Waals surface area contributed by atoms with Gasteiger partial charge in [0, 0.05) is 38.8 Å². The fraction of sp³-hybridized carbons (Fsp3) is 0.182. The van der Waals surface area contributed by atoms with Crippen LogP contribution in [0.1, 0.15) is 0 Å². The Hall–Kier alpha value is -3.36. The van der Waals surface area contributed by atoms with Crippen LogP contribution in [0.2, 0.25) is 0 Å². The van der Waals surface area contributed by atoms with Crippen LogP contribution in [0.15, 0.2) is 48.7 Å². The lowest BCUT2D eigenvalue weighted by Gasteiger charge is -2.28. The van der Waals surface area contributed by atoms with Crippen molar-refractivity contribution in [3.63, 3.8) is 0 Å². The molecule has 0 spiro atoms. The lowest BCUT2D eigenvalue weighted by atomic mass is 10.1. The zero-order chi connectivity index (χ0) is 20.1. The summed E-state index contributed by atoms with van der Waals surface area (Å²) in [4.78, 5) is 20.5. The zero-order valence-electron chi connectivity index (χ0n) is 16.1. The first-order valence-corrected chi connectivity index (χ1v) is 10.6. The Labute approximate surface area is 176 Å². The minimum atomic E-state index is 0.206. The number of thiophene rings is 1. The molecule has 5 aromatic rings. The van der Waals surface area contributed by atoms with E-state index in [-0.39, 0.29) is 5.95 Å². The minimum Gasteiger partial charge on any atom is -0.378 e. The summed E-state index contributed by atoms with van der Waals surface area (Å²) >= 11 is 1.78. The third kappa shape index (κ3) is 2.76. The summed E-state index contributed by atoms with van der Waals surface area (Å²) in [6, 6.07) is 14.8. The summed E-state index contributed by atoms with van der Waals surface area (Å²) in [5.74, 6) is 0.927. The summed E-state index contributed by atoms with van der Waals surface area (Å²) in [7, 11) is 0. The number of nitrogens with two attached hydrogens (primary N) is 1. The van der Waals surface area contributed by atoms with Crippen LogP contribution in [0.3, 0.4) is 0 Å². The monoisotopic (exact) mass is 414 g/mol. The number of morpholine rings is 1. The Kier molecular flexibility index (Phi) is 4.00. The van der Waals surface area contributed by atoms with Gasteiger partial charge in [-0.05, 0) is 6.07 Å². The summed E-state index contributed by atoms with van der Waals surface area (Å²) in [6.45, 7) is 2.78. The Bertz CT molecular complexity index is 1410. The van der Waals surface area contributed by atoms with Gasteiger partial charge in [0.05, 0.1) is 25.1 Å². The van der Waals surface area contributed by atoms with Crippen molar-refractivity contribution < 1.29 is 4.74 Å². The first-order valence-electron chi connectivity index (χ1n) is 9.81. The third-order valence-electron chi connectivity index (χ3n) is 5.40. The van der Waals surface area contributed by atoms with Crippen molar-refractivity contribution in [1.82, 2.24) is 19.9 Å². The average molecular weight is 414 g/mol. The lowest BCUT2D eigenvalue weighted by molar-refractivity contribution is 0.122. The first-order chi connectivity index (χ1) is 14.8. The van der Waals surface area contributed by atoms with Gasteiger partial charge in [-0.1, -0.05) is 36.4 Å². The van der Waals surface area contributed by atoms with Gasteiger partial charge in [-0.25, -0.2) is 9.97 Å². The van der Waals surface area contributed by atoms with E-state index < -0.39 is 0 Å². The molecule has 4 heterocycles. The Balaban J connectivity index is 1.57. The molecule has 1 saturated heterocycles. The number of fused-ring (bicyclic) bond motifs is 4. The maximum atomic E-state index is 5.95. The van der Waals surface area contributed by atoms with E-state index in [1.807, 2.05) is 0 Å². The van der Waals surface area contributed by atoms with E-state index in [4.69, 9.17) is 15.5 Å². The minimum absolute atomic E-state index is 0.206. The van der Waals surface area contributed by atoms with E-state index in [1.165, 1.54) is 20.2 Å². The van der Waals surface area contributed by atoms with Crippen LogP contribution in [0, 0.1) is 0 Å². The molecule has 8 heteroatoms. The molecule has 0 atom stereocenters. The van der Waals surface area contributed by atoms with E-state index >= 15 is 0 Å². The number of rotatable bonds is 2. The van der Waals surface area contributed by atoms with Gasteiger partial charge < -0.3 is 15.4 Å². The van der Waals surface area contributed by atoms with E-state index in [1.54, 1.807) is 17.5 Å². The van der Waals surface area contributed by atoms with Crippen LogP contribution in [0.4, 0.5) is 11.8 Å². The van der Waals surface area contributed by atoms with Gasteiger partial charge in [0.25, 0.3) is 0 Å². The van der Waals surface area contributed by atoms with Crippen LogP contribution in [-0.4, -0.2) is 46.2 Å². The number of nitrogens with zero attached hydrogens (tertiary/aromatic N) is 5. The van der Waals surface area contributed by atoms with Crippen molar-refractivity contribution >= 4 is 54.4 Å². The van der Waals surface area contributed by atoms with Crippen molar-refractivity contribution in [2.75, 3.05) is 36.9 Å². The highest BCUT2D eigenvalue weighted by atomic mass is 32.1. The normalized spacial score (nSPS) is 14.7. The maximum Gasteiger partial charge on any atom is 0.224 e. The Morgan fingerprint density at radius 1 is 0.933 bits per heavy atom. The highest BCUT2D eigenvalue weighted by Crippen LogP contribution is 2.39. The zero-order valence-corrected chi connectivity index (χ0v) is 16.9. The van der Waals surface area contributed by atoms with E-state index in [2.05, 4.69) is 62.3 Å². The van der Waals surface area contributed by atoms with E-state index in [0.717, 1.165) is 30.2 Å². The third-order valence-corrected chi connectivity index (χ3v) is 6.62. The van der Waals surface area contributed by atoms with Crippen LogP contribution in [0.25, 0.3) is 42.6 Å². The molecule has 6 rings (SSSR count). The van der Waals surface area contributed by atoms with Gasteiger partial charge in [-0.3, -0.25) is 0 Å². The molecule has 0 bridgehead atoms. The second-order valence-electron chi connectivity index (χ2n) is 7.21. The van der Waals surface area contributed by atoms with Crippen molar-refractivity contribution in [3.8, 4) is 11.3 Å². The van der Waals surface area contributed by atoms with Gasteiger partial charge in [0.1, 0.15) is 0 Å². The number of anilines is 2. The van der Waals surface area contributed by atoms with Crippen LogP contribution < -0.4 is 10.6 Å². The van der Waals surface area contributed by atoms with Gasteiger partial charge in [0.15, 0.2) is 17.0 Å². The standard InChI is InChI=1S/C22H18N6OS/c23-22-26-20-18(21(27-22)28-8-10-29-11-9-28)25-16(12-24-20)15-6-3-5-14-13-4-1-2-7-17(13)30-19(14)15/h1-7,12H,8-11H2,(H2,23,24,26,27). The number of nitrogen functional groups attached to an aromatic ring is 1. The topological polar surface area (TPSA) is 90.0 Å². The van der Waals surface area contributed by atoms with Crippen LogP contribution >= 0.6 is 11.3 Å². The molecule has 0 aliphatic carbocycles. The number of hydrogen-bond acceptors (Lipinski definition) is 8. The SMILES string of the molecule is Nc1nc(N2CCOCC2)c2nc(-c3cccc4c3sc3ccccc34)cnc2n1. The molecule has 0 saturated carbocycles. The predicted molar refractivity (Wildman–Crippen MR) is 121 cm³/mol. The predicted octanol–water partition coefficient (Wildman–Crippen LogP) is 3.87. The number of ether oxygens (including phenoxy) is 1. The average Bonchev–Trinajstić information content (AvgIpc) is 3.18. The second kappa shape index (κ2) is 6.86. The molecule has 7 nitrogen and oxygen atoms in total. The van der Waals surface area contributed by atoms with Gasteiger partial charge >= 0.3 is 0 Å². The molecular formula is C22H18N6OS. The quantitative estimate of drug-likeness (QED) is 0.469. The Morgan fingerprint density at radius 2 is 1.77 bits per heavy atom. The molecule has 2 N–H and O–H groups in total. The summed E-state index contributed by atoms with van der Waals surface area (Å²) < 4.78 is 7.95. The number of hydrogen-bond donors (Lipinski definition) is 1. The van der Waals surface area contributed by atoms with Crippen molar-refractivity contribution in [1.29, 1.82) is 0 Å². The molecule has 1 fully saturated rings. The van der Waals surface area contributed by atoms with Crippen LogP contribution in [-0.2, 0) is 4.74 Å². The lowest BCUT2D eigenvalue weighted by Crippen LogP contribution is -2.37. The molecule has 1 aliphatic rings. The van der Waals surface area contributed by atoms with Crippen LogP contribution in [0.5, 0.6) is 0 Å². The fourth-order valence-corrected chi connectivity index (χ4v) is 5.21. The fourth-order valence-electron chi connectivity index (χ4n) is 3.98. The molecule has 2 aromatic carbocycles. The second-order valence-corrected chi connectivity index (χ2v) is 8.26. The smallest absolute Gasteiger partial charge is 0.224 e. The highest BCUT2D eigenvalue weighted by molar-refractivity contribution is 7.26. The summed E-state index contributed by atoms with van der Waals surface area (Å²) in [5, 5.41) is 2.50. The molecule has 0 unspecified atom stereocenters. The summed E-state index contributed by atoms with van der Waals surface area (Å²) in [5.41, 5.74) is 9.00. The number of benzene rings is 2. The first kappa shape index (κ1) is 17.5. The van der Waals surface area contributed by atoms with Crippen molar-refractivity contribution in [2.24, 2.45) is 0 Å². The molecule has 0 radical (unpaired) electrons. The van der Waals surface area contributed by atoms with Crippen molar-refractivity contribution in [2.45, 2.75) is 0 Å². The molecular weight excluding hydrogens is 396 g/mol. The molecule has 3 aromatic heterocycles. The number of aromatic nitrogens is 4. The Morgan fingerprint density at radius 3 is 2.67 bits per heavy atom. The van der Waals surface area contributed by atoms with Gasteiger partial charge in [-0.2, -0.15) is 9.97 Å². The van der Waals surface area contributed by atoms with Crippen molar-refractivity contribution in [3.05, 3.63) is 48.7 Å². The van der Waals surface area contributed by atoms with E-state index in [9.17, 15) is 0 Å². The summed E-state index contributed by atoms with van der Waals surface area (Å²) in [6.07, 6.45) is 1.77. The maximum absolute atomic E-state index is 5.95. The molecule has 30 heavy (non-hydrogen) atoms. The van der Waals surface area contributed by atoms with Gasteiger partial charge in [0.2, 0.25) is 5.95 Å².